The summed E-state index contributed by atoms with van der Waals surface area (Å²) < 4.78 is 26.9. The van der Waals surface area contributed by atoms with Crippen molar-refractivity contribution in [2.24, 2.45) is 7.05 Å². The van der Waals surface area contributed by atoms with Gasteiger partial charge < -0.3 is 9.88 Å². The lowest BCUT2D eigenvalue weighted by molar-refractivity contribution is -0.113. The van der Waals surface area contributed by atoms with Crippen molar-refractivity contribution in [2.45, 2.75) is 36.1 Å². The molecule has 30 heavy (non-hydrogen) atoms. The number of sulfone groups is 1. The smallest absolute Gasteiger partial charge is 0.234 e. The highest BCUT2D eigenvalue weighted by molar-refractivity contribution is 7.99. The van der Waals surface area contributed by atoms with Crippen molar-refractivity contribution in [3.8, 4) is 0 Å². The van der Waals surface area contributed by atoms with Crippen LogP contribution in [-0.2, 0) is 33.9 Å². The molecule has 1 aromatic heterocycles. The number of carbonyl (C=O) groups is 1. The first-order chi connectivity index (χ1) is 14.3. The van der Waals surface area contributed by atoms with Gasteiger partial charge in [0.15, 0.2) is 15.0 Å². The van der Waals surface area contributed by atoms with E-state index >= 15 is 0 Å². The van der Waals surface area contributed by atoms with Gasteiger partial charge in [-0.1, -0.05) is 54.6 Å². The number of nitrogens with one attached hydrogen (secondary N) is 1. The van der Waals surface area contributed by atoms with E-state index in [1.54, 1.807) is 35.9 Å². The molecular formula is C21H24N4O3S2. The third kappa shape index (κ3) is 5.28. The molecule has 0 unspecified atom stereocenters. The minimum Gasteiger partial charge on any atom is -0.325 e. The Labute approximate surface area is 180 Å². The number of para-hydroxylation sites is 1. The van der Waals surface area contributed by atoms with Gasteiger partial charge in [-0.3, -0.25) is 4.79 Å². The molecule has 3 aromatic rings. The van der Waals surface area contributed by atoms with E-state index in [-0.39, 0.29) is 22.3 Å². The summed E-state index contributed by atoms with van der Waals surface area (Å²) >= 11 is 1.21. The van der Waals surface area contributed by atoms with Gasteiger partial charge in [-0.15, -0.1) is 10.2 Å². The molecule has 1 amide bonds. The lowest BCUT2D eigenvalue weighted by Crippen LogP contribution is -2.15. The Morgan fingerprint density at radius 3 is 2.50 bits per heavy atom. The highest BCUT2D eigenvalue weighted by atomic mass is 32.2. The van der Waals surface area contributed by atoms with Crippen molar-refractivity contribution >= 4 is 33.2 Å². The average Bonchev–Trinajstić information content (AvgIpc) is 3.06. The highest BCUT2D eigenvalue weighted by Crippen LogP contribution is 2.21. The maximum atomic E-state index is 12.7. The summed E-state index contributed by atoms with van der Waals surface area (Å²) in [5.74, 6) is 0.0674. The van der Waals surface area contributed by atoms with E-state index in [4.69, 9.17) is 0 Å². The van der Waals surface area contributed by atoms with Gasteiger partial charge in [0.05, 0.1) is 10.6 Å². The third-order valence-corrected chi connectivity index (χ3v) is 7.28. The maximum absolute atomic E-state index is 12.7. The fourth-order valence-corrected chi connectivity index (χ4v) is 4.90. The number of hydrogen-bond donors (Lipinski definition) is 1. The SMILES string of the molecule is CCc1ccccc1NC(=O)CSc1nnc(CS(=O)(=O)c2ccc(C)cc2)n1C. The van der Waals surface area contributed by atoms with Gasteiger partial charge in [0, 0.05) is 12.7 Å². The number of rotatable bonds is 8. The number of anilines is 1. The Kier molecular flexibility index (Phi) is 6.94. The monoisotopic (exact) mass is 444 g/mol. The number of nitrogens with zero attached hydrogens (tertiary/aromatic N) is 3. The molecule has 0 aliphatic heterocycles. The van der Waals surface area contributed by atoms with E-state index in [0.717, 1.165) is 23.2 Å². The number of carbonyl (C=O) groups excluding carboxylic acids is 1. The second kappa shape index (κ2) is 9.44. The van der Waals surface area contributed by atoms with Crippen LogP contribution in [-0.4, -0.2) is 34.8 Å². The third-order valence-electron chi connectivity index (χ3n) is 4.63. The molecule has 0 bridgehead atoms. The van der Waals surface area contributed by atoms with Crippen molar-refractivity contribution in [3.63, 3.8) is 0 Å². The van der Waals surface area contributed by atoms with Crippen LogP contribution in [0.1, 0.15) is 23.9 Å². The van der Waals surface area contributed by atoms with Crippen LogP contribution < -0.4 is 5.32 Å². The number of aromatic nitrogens is 3. The minimum atomic E-state index is -3.53. The van der Waals surface area contributed by atoms with Crippen molar-refractivity contribution in [1.29, 1.82) is 0 Å². The van der Waals surface area contributed by atoms with Gasteiger partial charge >= 0.3 is 0 Å². The lowest BCUT2D eigenvalue weighted by atomic mass is 10.1. The summed E-state index contributed by atoms with van der Waals surface area (Å²) in [6, 6.07) is 14.4. The van der Waals surface area contributed by atoms with Gasteiger partial charge in [0.1, 0.15) is 11.6 Å². The van der Waals surface area contributed by atoms with Crippen LogP contribution in [0.4, 0.5) is 5.69 Å². The number of amides is 1. The zero-order valence-electron chi connectivity index (χ0n) is 17.1. The molecule has 0 radical (unpaired) electrons. The average molecular weight is 445 g/mol. The summed E-state index contributed by atoms with van der Waals surface area (Å²) in [7, 11) is -1.83. The number of hydrogen-bond acceptors (Lipinski definition) is 6. The van der Waals surface area contributed by atoms with Crippen LogP contribution in [0.15, 0.2) is 58.6 Å². The van der Waals surface area contributed by atoms with Gasteiger partial charge in [0.2, 0.25) is 5.91 Å². The first-order valence-electron chi connectivity index (χ1n) is 9.48. The van der Waals surface area contributed by atoms with Crippen LogP contribution in [0, 0.1) is 6.92 Å². The molecule has 0 atom stereocenters. The Hall–Kier alpha value is -2.65. The standard InChI is InChI=1S/C21H24N4O3S2/c1-4-16-7-5-6-8-18(16)22-20(26)13-29-21-24-23-19(25(21)3)14-30(27,28)17-11-9-15(2)10-12-17/h5-12H,4,13-14H2,1-3H3,(H,22,26). The van der Waals surface area contributed by atoms with E-state index in [1.165, 1.54) is 11.8 Å². The van der Waals surface area contributed by atoms with Crippen LogP contribution in [0.25, 0.3) is 0 Å². The molecule has 1 N–H and O–H groups in total. The van der Waals surface area contributed by atoms with Gasteiger partial charge in [-0.05, 0) is 37.1 Å². The Balaban J connectivity index is 1.64. The maximum Gasteiger partial charge on any atom is 0.234 e. The van der Waals surface area contributed by atoms with Gasteiger partial charge in [-0.2, -0.15) is 0 Å². The van der Waals surface area contributed by atoms with Gasteiger partial charge in [0.25, 0.3) is 0 Å². The molecule has 2 aromatic carbocycles. The minimum absolute atomic E-state index is 0.148. The van der Waals surface area contributed by atoms with Crippen molar-refractivity contribution < 1.29 is 13.2 Å². The second-order valence-electron chi connectivity index (χ2n) is 6.88. The molecule has 158 valence electrons. The fourth-order valence-electron chi connectivity index (χ4n) is 2.86. The number of thioether (sulfide) groups is 1. The molecule has 0 aliphatic rings. The zero-order valence-corrected chi connectivity index (χ0v) is 18.8. The lowest BCUT2D eigenvalue weighted by Gasteiger charge is -2.09. The summed E-state index contributed by atoms with van der Waals surface area (Å²) in [4.78, 5) is 12.6. The summed E-state index contributed by atoms with van der Waals surface area (Å²) in [6.07, 6.45) is 0.825. The zero-order chi connectivity index (χ0) is 21.7. The first kappa shape index (κ1) is 22.0. The predicted octanol–water partition coefficient (Wildman–Crippen LogP) is 3.39. The first-order valence-corrected chi connectivity index (χ1v) is 12.1. The molecule has 1 heterocycles. The summed E-state index contributed by atoms with van der Waals surface area (Å²) in [6.45, 7) is 3.94. The van der Waals surface area contributed by atoms with Crippen molar-refractivity contribution in [3.05, 3.63) is 65.5 Å². The summed E-state index contributed by atoms with van der Waals surface area (Å²) in [5.41, 5.74) is 2.86. The molecule has 3 rings (SSSR count). The molecule has 0 spiro atoms. The highest BCUT2D eigenvalue weighted by Gasteiger charge is 2.20. The molecule has 0 saturated carbocycles. The molecular weight excluding hydrogens is 420 g/mol. The van der Waals surface area contributed by atoms with Crippen LogP contribution >= 0.6 is 11.8 Å². The topological polar surface area (TPSA) is 94.0 Å². The van der Waals surface area contributed by atoms with Gasteiger partial charge in [-0.25, -0.2) is 8.42 Å². The van der Waals surface area contributed by atoms with E-state index in [1.807, 2.05) is 38.1 Å². The molecule has 9 heteroatoms. The fraction of sp³-hybridized carbons (Fsp3) is 0.286. The largest absolute Gasteiger partial charge is 0.325 e. The van der Waals surface area contributed by atoms with E-state index in [2.05, 4.69) is 15.5 Å². The molecule has 0 saturated heterocycles. The number of benzene rings is 2. The Morgan fingerprint density at radius 1 is 1.10 bits per heavy atom. The van der Waals surface area contributed by atoms with E-state index in [9.17, 15) is 13.2 Å². The van der Waals surface area contributed by atoms with E-state index in [0.29, 0.717) is 11.0 Å². The van der Waals surface area contributed by atoms with Crippen LogP contribution in [0.2, 0.25) is 0 Å². The van der Waals surface area contributed by atoms with Crippen LogP contribution in [0.5, 0.6) is 0 Å². The normalized spacial score (nSPS) is 11.4. The Morgan fingerprint density at radius 2 is 1.80 bits per heavy atom. The molecule has 0 aliphatic carbocycles. The quantitative estimate of drug-likeness (QED) is 0.535. The molecule has 0 fully saturated rings. The van der Waals surface area contributed by atoms with E-state index < -0.39 is 9.84 Å². The Bertz CT molecular complexity index is 1140. The van der Waals surface area contributed by atoms with Crippen molar-refractivity contribution in [1.82, 2.24) is 14.8 Å². The predicted molar refractivity (Wildman–Crippen MR) is 118 cm³/mol. The second-order valence-corrected chi connectivity index (χ2v) is 9.81. The number of aryl methyl sites for hydroxylation is 2. The van der Waals surface area contributed by atoms with Crippen LogP contribution in [0.3, 0.4) is 0 Å². The van der Waals surface area contributed by atoms with Crippen molar-refractivity contribution in [2.75, 3.05) is 11.1 Å². The summed E-state index contributed by atoms with van der Waals surface area (Å²) in [5, 5.41) is 11.5. The molecule has 7 nitrogen and oxygen atoms in total.